The molecular weight excluding hydrogens is 666 g/mol. The van der Waals surface area contributed by atoms with Crippen molar-refractivity contribution in [3.63, 3.8) is 0 Å². The molecule has 0 rings (SSSR count). The zero-order valence-electron chi connectivity index (χ0n) is 31.2. The van der Waals surface area contributed by atoms with Crippen LogP contribution in [0.25, 0.3) is 0 Å². The van der Waals surface area contributed by atoms with Gasteiger partial charge in [-0.15, -0.1) is 0 Å². The number of carbonyl (C=O) groups is 2. The molecule has 0 aromatic heterocycles. The molecule has 0 fully saturated rings. The minimum atomic E-state index is -4.59. The standard InChI is InChI=1S/C38H72NO6S2.ClH/c1-5-7-9-11-13-15-17-19-21-23-25-27-29-31-33-35-37(40)39(46(3,42)43,47(4,44)45)38(41)36-34-32-30-28-26-24-22-20-18-16-14-12-10-8-6-2;/h19-22H,5-18,23-36H2,1-4H3;1H/q+1;/p-1/b21-19-,22-20-;. The molecule has 0 heterocycles. The summed E-state index contributed by atoms with van der Waals surface area (Å²) in [4.78, 5) is 26.5. The fourth-order valence-corrected chi connectivity index (χ4v) is 9.93. The first-order valence-corrected chi connectivity index (χ1v) is 22.8. The van der Waals surface area contributed by atoms with E-state index in [9.17, 15) is 26.4 Å². The third kappa shape index (κ3) is 21.9. The van der Waals surface area contributed by atoms with Crippen LogP contribution in [0.1, 0.15) is 194 Å². The Morgan fingerprint density at radius 1 is 0.417 bits per heavy atom. The van der Waals surface area contributed by atoms with E-state index in [4.69, 9.17) is 0 Å². The van der Waals surface area contributed by atoms with E-state index in [2.05, 4.69) is 38.2 Å². The average molecular weight is 739 g/mol. The van der Waals surface area contributed by atoms with E-state index < -0.39 is 35.2 Å². The summed E-state index contributed by atoms with van der Waals surface area (Å²) in [7, 11) is -9.18. The molecule has 48 heavy (non-hydrogen) atoms. The van der Waals surface area contributed by atoms with Gasteiger partial charge in [0.25, 0.3) is 0 Å². The van der Waals surface area contributed by atoms with E-state index in [0.717, 1.165) is 64.2 Å². The van der Waals surface area contributed by atoms with Crippen molar-refractivity contribution in [3.05, 3.63) is 24.3 Å². The fraction of sp³-hybridized carbons (Fsp3) is 0.842. The first-order chi connectivity index (χ1) is 22.5. The monoisotopic (exact) mass is 737 g/mol. The molecule has 0 aliphatic carbocycles. The lowest BCUT2D eigenvalue weighted by Crippen LogP contribution is -3.00. The highest BCUT2D eigenvalue weighted by Gasteiger charge is 2.60. The van der Waals surface area contributed by atoms with E-state index in [-0.39, 0.29) is 25.2 Å². The lowest BCUT2D eigenvalue weighted by molar-refractivity contribution is -0.512. The summed E-state index contributed by atoms with van der Waals surface area (Å²) in [6.45, 7) is 4.46. The highest BCUT2D eigenvalue weighted by molar-refractivity contribution is 7.98. The molecule has 0 aromatic rings. The van der Waals surface area contributed by atoms with Gasteiger partial charge in [-0.25, -0.2) is 9.59 Å². The Morgan fingerprint density at radius 3 is 0.896 bits per heavy atom. The molecule has 0 radical (unpaired) electrons. The first kappa shape index (κ1) is 49.1. The maximum absolute atomic E-state index is 13.3. The number of carbonyl (C=O) groups excluding carboxylic acids is 2. The van der Waals surface area contributed by atoms with Crippen molar-refractivity contribution in [2.45, 2.75) is 194 Å². The van der Waals surface area contributed by atoms with Crippen molar-refractivity contribution in [2.75, 3.05) is 12.5 Å². The largest absolute Gasteiger partial charge is 1.00 e. The van der Waals surface area contributed by atoms with Crippen LogP contribution in [-0.4, -0.2) is 44.5 Å². The van der Waals surface area contributed by atoms with E-state index in [0.29, 0.717) is 38.2 Å². The Kier molecular flexibility index (Phi) is 31.5. The van der Waals surface area contributed by atoms with Gasteiger partial charge in [-0.2, -0.15) is 16.8 Å². The van der Waals surface area contributed by atoms with Gasteiger partial charge in [-0.05, 0) is 64.2 Å². The van der Waals surface area contributed by atoms with Crippen molar-refractivity contribution >= 4 is 31.9 Å². The topological polar surface area (TPSA) is 102 Å². The van der Waals surface area contributed by atoms with Crippen LogP contribution in [0.15, 0.2) is 24.3 Å². The van der Waals surface area contributed by atoms with Crippen LogP contribution >= 0.6 is 0 Å². The predicted molar refractivity (Wildman–Crippen MR) is 199 cm³/mol. The molecule has 284 valence electrons. The number of rotatable bonds is 32. The van der Waals surface area contributed by atoms with Gasteiger partial charge < -0.3 is 12.4 Å². The maximum atomic E-state index is 13.3. The van der Waals surface area contributed by atoms with Gasteiger partial charge >= 0.3 is 31.9 Å². The molecule has 0 aliphatic heterocycles. The van der Waals surface area contributed by atoms with Crippen molar-refractivity contribution < 1.29 is 42.1 Å². The van der Waals surface area contributed by atoms with E-state index in [1.54, 1.807) is 0 Å². The molecule has 7 nitrogen and oxygen atoms in total. The number of hydrogen-bond acceptors (Lipinski definition) is 6. The summed E-state index contributed by atoms with van der Waals surface area (Å²) < 4.78 is 49.3. The molecule has 0 aliphatic rings. The minimum Gasteiger partial charge on any atom is -1.00 e. The Morgan fingerprint density at radius 2 is 0.646 bits per heavy atom. The second-order valence-electron chi connectivity index (χ2n) is 13.5. The van der Waals surface area contributed by atoms with Crippen molar-refractivity contribution in [1.29, 1.82) is 0 Å². The third-order valence-corrected chi connectivity index (χ3v) is 13.2. The zero-order chi connectivity index (χ0) is 35.3. The molecule has 0 spiro atoms. The average Bonchev–Trinajstić information content (AvgIpc) is 2.99. The van der Waals surface area contributed by atoms with Crippen LogP contribution in [0.4, 0.5) is 0 Å². The van der Waals surface area contributed by atoms with Crippen LogP contribution in [0.3, 0.4) is 0 Å². The van der Waals surface area contributed by atoms with E-state index in [1.807, 2.05) is 0 Å². The van der Waals surface area contributed by atoms with Gasteiger partial charge in [0.05, 0.1) is 25.4 Å². The predicted octanol–water partition coefficient (Wildman–Crippen LogP) is 7.85. The fourth-order valence-electron chi connectivity index (χ4n) is 6.11. The molecule has 10 heteroatoms. The molecule has 2 amide bonds. The van der Waals surface area contributed by atoms with E-state index in [1.165, 1.54) is 77.0 Å². The lowest BCUT2D eigenvalue weighted by atomic mass is 10.1. The van der Waals surface area contributed by atoms with Crippen LogP contribution in [-0.2, 0) is 29.6 Å². The number of quaternary nitrogens is 1. The molecule has 0 unspecified atom stereocenters. The van der Waals surface area contributed by atoms with Gasteiger partial charge in [-0.3, -0.25) is 0 Å². The number of imide groups is 1. The first-order valence-electron chi connectivity index (χ1n) is 19.1. The molecule has 0 bridgehead atoms. The molecular formula is C38H72ClNO6S2. The molecule has 0 saturated heterocycles. The van der Waals surface area contributed by atoms with Crippen LogP contribution < -0.4 is 12.4 Å². The normalized spacial score (nSPS) is 12.6. The Bertz CT molecular complexity index is 1000. The summed E-state index contributed by atoms with van der Waals surface area (Å²) in [6.07, 6.45) is 37.7. The summed E-state index contributed by atoms with van der Waals surface area (Å²) in [6, 6.07) is 0. The highest BCUT2D eigenvalue weighted by atomic mass is 35.5. The second-order valence-corrected chi connectivity index (χ2v) is 17.7. The lowest BCUT2D eigenvalue weighted by Gasteiger charge is -2.27. The SMILES string of the molecule is CCCCCCCC/C=C\CCCCCCCC(=O)[N+](C(=O)CCCCCCC/C=C\CCCCCCCC)(S(C)(=O)=O)S(C)(=O)=O.[Cl-]. The van der Waals surface area contributed by atoms with Crippen molar-refractivity contribution in [1.82, 2.24) is 0 Å². The molecule has 0 atom stereocenters. The van der Waals surface area contributed by atoms with Gasteiger partial charge in [-0.1, -0.05) is 141 Å². The van der Waals surface area contributed by atoms with Crippen LogP contribution in [0.2, 0.25) is 0 Å². The number of unbranched alkanes of at least 4 members (excludes halogenated alkanes) is 22. The number of allylic oxidation sites excluding steroid dienone is 4. The Balaban J connectivity index is 0. The third-order valence-electron chi connectivity index (χ3n) is 8.90. The Hall–Kier alpha value is -1.03. The molecule has 0 N–H and O–H groups in total. The maximum Gasteiger partial charge on any atom is 0.352 e. The number of sulfonamides is 2. The van der Waals surface area contributed by atoms with Gasteiger partial charge in [0.2, 0.25) is 0 Å². The quantitative estimate of drug-likeness (QED) is 0.0396. The summed E-state index contributed by atoms with van der Waals surface area (Å²) in [5, 5.41) is 0. The highest BCUT2D eigenvalue weighted by Crippen LogP contribution is 2.27. The van der Waals surface area contributed by atoms with E-state index >= 15 is 0 Å². The number of nitrogens with zero attached hydrogens (tertiary/aromatic N) is 1. The zero-order valence-corrected chi connectivity index (χ0v) is 33.6. The Labute approximate surface area is 303 Å². The van der Waals surface area contributed by atoms with Crippen molar-refractivity contribution in [2.24, 2.45) is 0 Å². The smallest absolute Gasteiger partial charge is 0.352 e. The van der Waals surface area contributed by atoms with Gasteiger partial charge in [0.15, 0.2) is 0 Å². The van der Waals surface area contributed by atoms with Gasteiger partial charge in [0.1, 0.15) is 0 Å². The number of hydrogen-bond donors (Lipinski definition) is 0. The number of halogens is 1. The van der Waals surface area contributed by atoms with Crippen LogP contribution in [0, 0.1) is 0 Å². The minimum absolute atomic E-state index is 0. The molecule has 0 saturated carbocycles. The van der Waals surface area contributed by atoms with Crippen molar-refractivity contribution in [3.8, 4) is 0 Å². The summed E-state index contributed by atoms with van der Waals surface area (Å²) in [5.41, 5.74) is 0. The summed E-state index contributed by atoms with van der Waals surface area (Å²) >= 11 is 0. The van der Waals surface area contributed by atoms with Gasteiger partial charge in [0, 0.05) is 3.29 Å². The summed E-state index contributed by atoms with van der Waals surface area (Å²) in [5.74, 6) is -2.10. The van der Waals surface area contributed by atoms with Crippen LogP contribution in [0.5, 0.6) is 0 Å². The molecule has 0 aromatic carbocycles. The second kappa shape index (κ2) is 30.8. The number of amides is 2.